The molecule has 2 aliphatic carbocycles. The number of benzene rings is 2. The average molecular weight is 467 g/mol. The Morgan fingerprint density at radius 3 is 1.63 bits per heavy atom. The van der Waals surface area contributed by atoms with E-state index in [1.165, 1.54) is 19.3 Å². The number of rotatable bonds is 3. The Labute approximate surface area is 170 Å². The Morgan fingerprint density at radius 1 is 0.815 bits per heavy atom. The zero-order chi connectivity index (χ0) is 19.5. The first-order chi connectivity index (χ1) is 12.7. The molecule has 0 N–H and O–H groups in total. The van der Waals surface area contributed by atoms with Gasteiger partial charge >= 0.3 is 171 Å². The normalized spacial score (nSPS) is 29.9. The van der Waals surface area contributed by atoms with Crippen LogP contribution in [0.25, 0.3) is 0 Å². The predicted molar refractivity (Wildman–Crippen MR) is 121 cm³/mol. The van der Waals surface area contributed by atoms with Crippen LogP contribution in [0.15, 0.2) is 60.7 Å². The van der Waals surface area contributed by atoms with Gasteiger partial charge in [-0.2, -0.15) is 0 Å². The van der Waals surface area contributed by atoms with E-state index in [-0.39, 0.29) is 0 Å². The standard InChI is InChI=1S/C10H17.2C6H5.C4H9.Sn/c1-9(2)8-4-6-10(9,3)7-5-8;2*1-2-4-6-5-3-1;1-4(2)3;/h6,8H,4-5,7H2,1-3H3;2*1-5H;1-3H3;/t8-,10+;;;;/m0..../s1. The summed E-state index contributed by atoms with van der Waals surface area (Å²) in [6, 6.07) is 23.5. The monoisotopic (exact) mass is 468 g/mol. The molecule has 0 amide bonds. The van der Waals surface area contributed by atoms with Gasteiger partial charge < -0.3 is 0 Å². The Bertz CT molecular complexity index is 760. The zero-order valence-corrected chi connectivity index (χ0v) is 20.9. The number of hydrogen-bond donors (Lipinski definition) is 0. The van der Waals surface area contributed by atoms with Crippen LogP contribution < -0.4 is 7.16 Å². The molecule has 2 saturated carbocycles. The van der Waals surface area contributed by atoms with Crippen LogP contribution in [0.2, 0.25) is 7.36 Å². The van der Waals surface area contributed by atoms with Gasteiger partial charge in [-0.3, -0.25) is 0 Å². The van der Waals surface area contributed by atoms with E-state index in [1.54, 1.807) is 7.16 Å². The second-order valence-corrected chi connectivity index (χ2v) is 25.1. The molecule has 2 fully saturated rings. The van der Waals surface area contributed by atoms with Crippen molar-refractivity contribution in [3.05, 3.63) is 60.7 Å². The molecule has 0 saturated heterocycles. The molecule has 0 unspecified atom stereocenters. The van der Waals surface area contributed by atoms with Crippen molar-refractivity contribution in [1.82, 2.24) is 0 Å². The summed E-state index contributed by atoms with van der Waals surface area (Å²) >= 11 is -3.08. The van der Waals surface area contributed by atoms with E-state index in [1.807, 2.05) is 0 Å². The van der Waals surface area contributed by atoms with Crippen molar-refractivity contribution in [2.75, 3.05) is 0 Å². The first kappa shape index (κ1) is 19.6. The molecule has 0 radical (unpaired) electrons. The van der Waals surface area contributed by atoms with Gasteiger partial charge in [0, 0.05) is 0 Å². The van der Waals surface area contributed by atoms with Crippen molar-refractivity contribution in [1.29, 1.82) is 0 Å². The third kappa shape index (κ3) is 2.54. The van der Waals surface area contributed by atoms with Crippen LogP contribution in [0, 0.1) is 16.7 Å². The Hall–Kier alpha value is -0.761. The molecule has 1 heteroatoms. The molecular weight excluding hydrogens is 431 g/mol. The van der Waals surface area contributed by atoms with E-state index in [4.69, 9.17) is 0 Å². The van der Waals surface area contributed by atoms with E-state index in [0.717, 1.165) is 9.85 Å². The van der Waals surface area contributed by atoms with Crippen LogP contribution in [-0.4, -0.2) is 18.4 Å². The van der Waals surface area contributed by atoms with Gasteiger partial charge in [0.15, 0.2) is 0 Å². The molecule has 0 nitrogen and oxygen atoms in total. The Morgan fingerprint density at radius 2 is 1.30 bits per heavy atom. The first-order valence-electron chi connectivity index (χ1n) is 10.8. The van der Waals surface area contributed by atoms with Gasteiger partial charge in [0.25, 0.3) is 0 Å². The molecule has 0 spiro atoms. The third-order valence-corrected chi connectivity index (χ3v) is 28.3. The number of fused-ring (bicyclic) bond motifs is 2. The molecule has 0 aliphatic heterocycles. The SMILES string of the molecule is CC1(C)[C@@H]2CC[C@@]1(C)[C@H]([Sn]([c]1ccccc1)([c]1ccccc1)[C](C)(C)C)C2. The van der Waals surface area contributed by atoms with Gasteiger partial charge in [-0.05, 0) is 0 Å². The van der Waals surface area contributed by atoms with Crippen molar-refractivity contribution in [2.24, 2.45) is 16.7 Å². The fourth-order valence-electron chi connectivity index (χ4n) is 7.22. The van der Waals surface area contributed by atoms with E-state index in [2.05, 4.69) is 102 Å². The van der Waals surface area contributed by atoms with E-state index in [0.29, 0.717) is 14.3 Å². The quantitative estimate of drug-likeness (QED) is 0.467. The van der Waals surface area contributed by atoms with Gasteiger partial charge in [-0.1, -0.05) is 0 Å². The van der Waals surface area contributed by atoms with Gasteiger partial charge in [0.1, 0.15) is 0 Å². The predicted octanol–water partition coefficient (Wildman–Crippen LogP) is 6.27. The second-order valence-electron chi connectivity index (χ2n) is 11.0. The summed E-state index contributed by atoms with van der Waals surface area (Å²) in [6.45, 7) is 15.5. The summed E-state index contributed by atoms with van der Waals surface area (Å²) in [5.74, 6) is 0.901. The Kier molecular flexibility index (Phi) is 4.61. The molecule has 2 aromatic rings. The minimum absolute atomic E-state index is 0.339. The van der Waals surface area contributed by atoms with Crippen LogP contribution in [-0.2, 0) is 0 Å². The van der Waals surface area contributed by atoms with Crippen molar-refractivity contribution < 1.29 is 0 Å². The fraction of sp³-hybridized carbons (Fsp3) is 0.538. The van der Waals surface area contributed by atoms with Crippen molar-refractivity contribution >= 4 is 25.5 Å². The van der Waals surface area contributed by atoms with Crippen LogP contribution in [0.3, 0.4) is 0 Å². The summed E-state index contributed by atoms with van der Waals surface area (Å²) in [7, 11) is 0. The summed E-state index contributed by atoms with van der Waals surface area (Å²) in [6.07, 6.45) is 4.31. The summed E-state index contributed by atoms with van der Waals surface area (Å²) < 4.78 is 4.62. The molecule has 0 heterocycles. The summed E-state index contributed by atoms with van der Waals surface area (Å²) in [4.78, 5) is 0. The summed E-state index contributed by atoms with van der Waals surface area (Å²) in [5, 5.41) is 0. The fourth-order valence-corrected chi connectivity index (χ4v) is 28.5. The molecule has 0 aromatic heterocycles. The molecule has 4 rings (SSSR count). The van der Waals surface area contributed by atoms with Gasteiger partial charge in [0.05, 0.1) is 0 Å². The molecular formula is C26H36Sn. The van der Waals surface area contributed by atoms with Crippen LogP contribution >= 0.6 is 0 Å². The maximum absolute atomic E-state index is 3.08. The molecule has 2 aromatic carbocycles. The minimum atomic E-state index is -3.08. The van der Waals surface area contributed by atoms with Crippen LogP contribution in [0.1, 0.15) is 60.8 Å². The summed E-state index contributed by atoms with van der Waals surface area (Å²) in [5.41, 5.74) is 0.932. The van der Waals surface area contributed by atoms with Gasteiger partial charge in [-0.25, -0.2) is 0 Å². The van der Waals surface area contributed by atoms with E-state index >= 15 is 0 Å². The average Bonchev–Trinajstić information content (AvgIpc) is 2.97. The van der Waals surface area contributed by atoms with Gasteiger partial charge in [0.2, 0.25) is 0 Å². The van der Waals surface area contributed by atoms with E-state index in [9.17, 15) is 0 Å². The molecule has 2 bridgehead atoms. The molecule has 2 aliphatic rings. The Balaban J connectivity index is 2.04. The van der Waals surface area contributed by atoms with Crippen LogP contribution in [0.4, 0.5) is 0 Å². The third-order valence-electron chi connectivity index (χ3n) is 8.96. The number of hydrogen-bond acceptors (Lipinski definition) is 0. The van der Waals surface area contributed by atoms with Crippen molar-refractivity contribution in [2.45, 2.75) is 68.2 Å². The molecule has 144 valence electrons. The van der Waals surface area contributed by atoms with Gasteiger partial charge in [-0.15, -0.1) is 0 Å². The van der Waals surface area contributed by atoms with E-state index < -0.39 is 18.4 Å². The second kappa shape index (κ2) is 6.37. The molecule has 3 atom stereocenters. The molecule has 27 heavy (non-hydrogen) atoms. The maximum atomic E-state index is 2.66. The zero-order valence-electron chi connectivity index (χ0n) is 18.0. The van der Waals surface area contributed by atoms with Crippen molar-refractivity contribution in [3.8, 4) is 0 Å². The topological polar surface area (TPSA) is 0 Å². The first-order valence-corrected chi connectivity index (χ1v) is 16.7. The van der Waals surface area contributed by atoms with Crippen LogP contribution in [0.5, 0.6) is 0 Å². The van der Waals surface area contributed by atoms with Crippen molar-refractivity contribution in [3.63, 3.8) is 0 Å².